The quantitative estimate of drug-likeness (QED) is 0.814. The maximum Gasteiger partial charge on any atom is 0.234 e. The Hall–Kier alpha value is -0.610. The summed E-state index contributed by atoms with van der Waals surface area (Å²) < 4.78 is 0. The van der Waals surface area contributed by atoms with Gasteiger partial charge in [0.25, 0.3) is 0 Å². The fourth-order valence-corrected chi connectivity index (χ4v) is 3.42. The highest BCUT2D eigenvalue weighted by Crippen LogP contribution is 2.21. The van der Waals surface area contributed by atoms with Gasteiger partial charge in [0.1, 0.15) is 0 Å². The summed E-state index contributed by atoms with van der Waals surface area (Å²) in [5, 5.41) is 3.19. The van der Waals surface area contributed by atoms with Crippen LogP contribution in [0.1, 0.15) is 57.8 Å². The average molecular weight is 267 g/mol. The minimum atomic E-state index is 0.198. The first-order valence-electron chi connectivity index (χ1n) is 7.90. The van der Waals surface area contributed by atoms with Gasteiger partial charge in [-0.1, -0.05) is 19.3 Å². The maximum atomic E-state index is 12.1. The standard InChI is InChI=1S/C15H29N3O/c1-18(14-9-7-12(16)8-10-14)11-15(19)17-13-5-3-2-4-6-13/h12-14H,2-11,16H2,1H3,(H,17,19). The van der Waals surface area contributed by atoms with Crippen molar-refractivity contribution in [1.29, 1.82) is 0 Å². The van der Waals surface area contributed by atoms with E-state index in [-0.39, 0.29) is 5.91 Å². The van der Waals surface area contributed by atoms with Crippen molar-refractivity contribution in [2.75, 3.05) is 13.6 Å². The first-order chi connectivity index (χ1) is 9.15. The molecule has 2 aliphatic carbocycles. The zero-order valence-corrected chi connectivity index (χ0v) is 12.2. The highest BCUT2D eigenvalue weighted by Gasteiger charge is 2.24. The van der Waals surface area contributed by atoms with Crippen molar-refractivity contribution in [3.05, 3.63) is 0 Å². The molecule has 0 bridgehead atoms. The number of hydrogen-bond acceptors (Lipinski definition) is 3. The van der Waals surface area contributed by atoms with Gasteiger partial charge in [0.2, 0.25) is 5.91 Å². The lowest BCUT2D eigenvalue weighted by atomic mass is 9.91. The molecule has 0 aliphatic heterocycles. The van der Waals surface area contributed by atoms with Gasteiger partial charge in [0.05, 0.1) is 6.54 Å². The normalized spacial score (nSPS) is 29.4. The lowest BCUT2D eigenvalue weighted by Crippen LogP contribution is -2.46. The number of carbonyl (C=O) groups is 1. The largest absolute Gasteiger partial charge is 0.352 e. The molecular weight excluding hydrogens is 238 g/mol. The molecule has 2 rings (SSSR count). The molecule has 1 amide bonds. The fraction of sp³-hybridized carbons (Fsp3) is 0.933. The lowest BCUT2D eigenvalue weighted by molar-refractivity contribution is -0.123. The minimum Gasteiger partial charge on any atom is -0.352 e. The summed E-state index contributed by atoms with van der Waals surface area (Å²) in [5.74, 6) is 0.198. The van der Waals surface area contributed by atoms with Gasteiger partial charge >= 0.3 is 0 Å². The molecule has 0 aromatic carbocycles. The van der Waals surface area contributed by atoms with E-state index in [0.717, 1.165) is 38.5 Å². The highest BCUT2D eigenvalue weighted by atomic mass is 16.2. The van der Waals surface area contributed by atoms with Crippen molar-refractivity contribution < 1.29 is 4.79 Å². The summed E-state index contributed by atoms with van der Waals surface area (Å²) in [6.45, 7) is 0.538. The average Bonchev–Trinajstić information content (AvgIpc) is 2.40. The zero-order chi connectivity index (χ0) is 13.7. The van der Waals surface area contributed by atoms with Crippen LogP contribution in [0.2, 0.25) is 0 Å². The van der Waals surface area contributed by atoms with Crippen LogP contribution in [0.3, 0.4) is 0 Å². The van der Waals surface area contributed by atoms with Crippen LogP contribution >= 0.6 is 0 Å². The van der Waals surface area contributed by atoms with Crippen molar-refractivity contribution >= 4 is 5.91 Å². The van der Waals surface area contributed by atoms with E-state index in [0.29, 0.717) is 24.7 Å². The third-order valence-corrected chi connectivity index (χ3v) is 4.73. The Kier molecular flexibility index (Phi) is 5.64. The molecule has 4 nitrogen and oxygen atoms in total. The second-order valence-electron chi connectivity index (χ2n) is 6.39. The molecule has 0 aromatic rings. The van der Waals surface area contributed by atoms with E-state index in [2.05, 4.69) is 17.3 Å². The molecular formula is C15H29N3O. The Labute approximate surface area is 117 Å². The van der Waals surface area contributed by atoms with Crippen molar-refractivity contribution in [3.63, 3.8) is 0 Å². The van der Waals surface area contributed by atoms with Gasteiger partial charge in [-0.05, 0) is 45.6 Å². The van der Waals surface area contributed by atoms with Crippen LogP contribution < -0.4 is 11.1 Å². The summed E-state index contributed by atoms with van der Waals surface area (Å²) in [6, 6.07) is 1.34. The van der Waals surface area contributed by atoms with Crippen molar-refractivity contribution in [1.82, 2.24) is 10.2 Å². The van der Waals surface area contributed by atoms with Gasteiger partial charge in [-0.2, -0.15) is 0 Å². The Bertz CT molecular complexity index is 281. The predicted octanol–water partition coefficient (Wildman–Crippen LogP) is 1.64. The molecule has 0 spiro atoms. The molecule has 0 aromatic heterocycles. The highest BCUT2D eigenvalue weighted by molar-refractivity contribution is 5.78. The summed E-state index contributed by atoms with van der Waals surface area (Å²) in [7, 11) is 2.07. The zero-order valence-electron chi connectivity index (χ0n) is 12.2. The van der Waals surface area contributed by atoms with E-state index in [9.17, 15) is 4.79 Å². The number of nitrogens with zero attached hydrogens (tertiary/aromatic N) is 1. The molecule has 3 N–H and O–H groups in total. The first-order valence-corrected chi connectivity index (χ1v) is 7.90. The smallest absolute Gasteiger partial charge is 0.234 e. The van der Waals surface area contributed by atoms with Gasteiger partial charge in [0, 0.05) is 18.1 Å². The number of nitrogens with two attached hydrogens (primary N) is 1. The summed E-state index contributed by atoms with van der Waals surface area (Å²) >= 11 is 0. The van der Waals surface area contributed by atoms with E-state index in [1.54, 1.807) is 0 Å². The van der Waals surface area contributed by atoms with E-state index in [1.807, 2.05) is 0 Å². The molecule has 4 heteroatoms. The Balaban J connectivity index is 1.69. The van der Waals surface area contributed by atoms with E-state index >= 15 is 0 Å². The Morgan fingerprint density at radius 2 is 1.74 bits per heavy atom. The predicted molar refractivity (Wildman–Crippen MR) is 77.9 cm³/mol. The van der Waals surface area contributed by atoms with Gasteiger partial charge in [-0.25, -0.2) is 0 Å². The Morgan fingerprint density at radius 1 is 1.11 bits per heavy atom. The number of rotatable bonds is 4. The van der Waals surface area contributed by atoms with Crippen molar-refractivity contribution in [2.45, 2.75) is 75.9 Å². The number of hydrogen-bond donors (Lipinski definition) is 2. The monoisotopic (exact) mass is 267 g/mol. The van der Waals surface area contributed by atoms with E-state index in [1.165, 1.54) is 19.3 Å². The van der Waals surface area contributed by atoms with Crippen LogP contribution in [0.25, 0.3) is 0 Å². The third kappa shape index (κ3) is 4.77. The molecule has 2 saturated carbocycles. The van der Waals surface area contributed by atoms with Crippen LogP contribution in [-0.2, 0) is 4.79 Å². The fourth-order valence-electron chi connectivity index (χ4n) is 3.42. The number of likely N-dealkylation sites (N-methyl/N-ethyl adjacent to an activating group) is 1. The van der Waals surface area contributed by atoms with Gasteiger partial charge in [-0.3, -0.25) is 9.69 Å². The van der Waals surface area contributed by atoms with Crippen LogP contribution in [0.15, 0.2) is 0 Å². The topological polar surface area (TPSA) is 58.4 Å². The van der Waals surface area contributed by atoms with E-state index in [4.69, 9.17) is 5.73 Å². The molecule has 2 aliphatic rings. The summed E-state index contributed by atoms with van der Waals surface area (Å²) in [5.41, 5.74) is 5.92. The molecule has 2 fully saturated rings. The van der Waals surface area contributed by atoms with Crippen molar-refractivity contribution in [2.24, 2.45) is 5.73 Å². The van der Waals surface area contributed by atoms with Gasteiger partial charge in [-0.15, -0.1) is 0 Å². The minimum absolute atomic E-state index is 0.198. The second-order valence-corrected chi connectivity index (χ2v) is 6.39. The summed E-state index contributed by atoms with van der Waals surface area (Å²) in [6.07, 6.45) is 10.6. The molecule has 110 valence electrons. The van der Waals surface area contributed by atoms with Crippen molar-refractivity contribution in [3.8, 4) is 0 Å². The lowest BCUT2D eigenvalue weighted by Gasteiger charge is -2.33. The molecule has 0 heterocycles. The SMILES string of the molecule is CN(CC(=O)NC1CCCCC1)C1CCC(N)CC1. The second kappa shape index (κ2) is 7.25. The molecule has 0 radical (unpaired) electrons. The first kappa shape index (κ1) is 14.8. The van der Waals surface area contributed by atoms with E-state index < -0.39 is 0 Å². The number of nitrogens with one attached hydrogen (secondary N) is 1. The molecule has 19 heavy (non-hydrogen) atoms. The molecule has 0 atom stereocenters. The maximum absolute atomic E-state index is 12.1. The molecule has 0 unspecified atom stereocenters. The van der Waals surface area contributed by atoms with Crippen LogP contribution in [0.5, 0.6) is 0 Å². The van der Waals surface area contributed by atoms with Crippen LogP contribution in [0.4, 0.5) is 0 Å². The number of amides is 1. The van der Waals surface area contributed by atoms with Gasteiger partial charge in [0.15, 0.2) is 0 Å². The van der Waals surface area contributed by atoms with Gasteiger partial charge < -0.3 is 11.1 Å². The van der Waals surface area contributed by atoms with Crippen LogP contribution in [0, 0.1) is 0 Å². The van der Waals surface area contributed by atoms with Crippen LogP contribution in [-0.4, -0.2) is 42.5 Å². The Morgan fingerprint density at radius 3 is 2.37 bits per heavy atom. The summed E-state index contributed by atoms with van der Waals surface area (Å²) in [4.78, 5) is 14.3. The third-order valence-electron chi connectivity index (χ3n) is 4.73. The molecule has 0 saturated heterocycles. The number of carbonyl (C=O) groups excluding carboxylic acids is 1.